The fraction of sp³-hybridized carbons (Fsp3) is 0.903. The van der Waals surface area contributed by atoms with Gasteiger partial charge in [-0.05, 0) is 74.5 Å². The smallest absolute Gasteiger partial charge is 0.333 e. The van der Waals surface area contributed by atoms with Crippen LogP contribution in [-0.2, 0) is 9.53 Å². The second-order valence-corrected chi connectivity index (χ2v) is 12.5. The summed E-state index contributed by atoms with van der Waals surface area (Å²) < 4.78 is 5.32. The van der Waals surface area contributed by atoms with Crippen LogP contribution in [0.5, 0.6) is 0 Å². The minimum atomic E-state index is -0.333. The fourth-order valence-electron chi connectivity index (χ4n) is 7.51. The molecule has 0 amide bonds. The van der Waals surface area contributed by atoms with Crippen molar-refractivity contribution in [3.05, 3.63) is 12.2 Å². The Hall–Kier alpha value is -0.830. The van der Waals surface area contributed by atoms with Gasteiger partial charge < -0.3 is 9.84 Å². The molecule has 196 valence electrons. The van der Waals surface area contributed by atoms with E-state index in [2.05, 4.69) is 13.5 Å². The SMILES string of the molecule is C=C(C)C(=O)OCC(CO)CC1CCC2CC(CCC3CCC(CCCCC)CC3)CCC2C1. The van der Waals surface area contributed by atoms with Gasteiger partial charge in [-0.25, -0.2) is 4.79 Å². The molecule has 34 heavy (non-hydrogen) atoms. The van der Waals surface area contributed by atoms with E-state index in [0.29, 0.717) is 18.1 Å². The van der Waals surface area contributed by atoms with Gasteiger partial charge in [-0.2, -0.15) is 0 Å². The van der Waals surface area contributed by atoms with Crippen LogP contribution in [0.2, 0.25) is 0 Å². The Balaban J connectivity index is 1.31. The van der Waals surface area contributed by atoms with E-state index in [1.165, 1.54) is 103 Å². The van der Waals surface area contributed by atoms with E-state index in [1.54, 1.807) is 6.92 Å². The summed E-state index contributed by atoms with van der Waals surface area (Å²) in [5.74, 6) is 5.30. The minimum absolute atomic E-state index is 0.0722. The van der Waals surface area contributed by atoms with Crippen LogP contribution in [0, 0.1) is 41.4 Å². The number of unbranched alkanes of at least 4 members (excludes halogenated alkanes) is 2. The molecule has 3 aliphatic rings. The van der Waals surface area contributed by atoms with E-state index < -0.39 is 0 Å². The van der Waals surface area contributed by atoms with Crippen LogP contribution in [0.15, 0.2) is 12.2 Å². The van der Waals surface area contributed by atoms with Gasteiger partial charge in [-0.1, -0.05) is 90.6 Å². The monoisotopic (exact) mass is 474 g/mol. The van der Waals surface area contributed by atoms with Crippen molar-refractivity contribution in [2.45, 2.75) is 123 Å². The van der Waals surface area contributed by atoms with Crippen molar-refractivity contribution in [2.75, 3.05) is 13.2 Å². The molecule has 3 saturated carbocycles. The maximum absolute atomic E-state index is 11.7. The highest BCUT2D eigenvalue weighted by Gasteiger charge is 2.36. The third-order valence-electron chi connectivity index (χ3n) is 9.72. The topological polar surface area (TPSA) is 46.5 Å². The van der Waals surface area contributed by atoms with Crippen molar-refractivity contribution in [1.82, 2.24) is 0 Å². The van der Waals surface area contributed by atoms with Gasteiger partial charge in [0.1, 0.15) is 0 Å². The van der Waals surface area contributed by atoms with E-state index in [0.717, 1.165) is 36.0 Å². The van der Waals surface area contributed by atoms with Crippen LogP contribution in [0.4, 0.5) is 0 Å². The van der Waals surface area contributed by atoms with E-state index >= 15 is 0 Å². The largest absolute Gasteiger partial charge is 0.462 e. The molecule has 0 aromatic heterocycles. The number of carbonyl (C=O) groups excluding carboxylic acids is 1. The molecule has 5 unspecified atom stereocenters. The zero-order valence-electron chi connectivity index (χ0n) is 22.4. The molecule has 0 bridgehead atoms. The highest BCUT2D eigenvalue weighted by Crippen LogP contribution is 2.47. The van der Waals surface area contributed by atoms with Crippen molar-refractivity contribution in [3.63, 3.8) is 0 Å². The molecular formula is C31H54O3. The lowest BCUT2D eigenvalue weighted by Crippen LogP contribution is -2.32. The Kier molecular flexibility index (Phi) is 12.0. The molecule has 3 aliphatic carbocycles. The average Bonchev–Trinajstić information content (AvgIpc) is 2.85. The first-order valence-corrected chi connectivity index (χ1v) is 14.9. The number of aliphatic hydroxyl groups excluding tert-OH is 1. The number of fused-ring (bicyclic) bond motifs is 1. The van der Waals surface area contributed by atoms with Crippen molar-refractivity contribution < 1.29 is 14.6 Å². The fourth-order valence-corrected chi connectivity index (χ4v) is 7.51. The molecule has 3 heteroatoms. The summed E-state index contributed by atoms with van der Waals surface area (Å²) in [6, 6.07) is 0. The molecule has 1 N–H and O–H groups in total. The lowest BCUT2D eigenvalue weighted by molar-refractivity contribution is -0.141. The van der Waals surface area contributed by atoms with Crippen molar-refractivity contribution >= 4 is 5.97 Å². The van der Waals surface area contributed by atoms with E-state index in [1.807, 2.05) is 0 Å². The molecule has 0 radical (unpaired) electrons. The maximum atomic E-state index is 11.7. The average molecular weight is 475 g/mol. The summed E-state index contributed by atoms with van der Waals surface area (Å²) in [6.45, 7) is 8.07. The Bertz CT molecular complexity index is 606. The minimum Gasteiger partial charge on any atom is -0.462 e. The van der Waals surface area contributed by atoms with Gasteiger partial charge in [0, 0.05) is 18.1 Å². The van der Waals surface area contributed by atoms with E-state index in [9.17, 15) is 9.90 Å². The molecule has 3 nitrogen and oxygen atoms in total. The summed E-state index contributed by atoms with van der Waals surface area (Å²) >= 11 is 0. The molecular weight excluding hydrogens is 420 g/mol. The van der Waals surface area contributed by atoms with Crippen LogP contribution < -0.4 is 0 Å². The number of rotatable bonds is 13. The van der Waals surface area contributed by atoms with Gasteiger partial charge in [-0.3, -0.25) is 0 Å². The van der Waals surface area contributed by atoms with Gasteiger partial charge in [0.05, 0.1) is 6.61 Å². The first-order chi connectivity index (χ1) is 16.5. The van der Waals surface area contributed by atoms with Gasteiger partial charge in [-0.15, -0.1) is 0 Å². The van der Waals surface area contributed by atoms with Gasteiger partial charge in [0.25, 0.3) is 0 Å². The van der Waals surface area contributed by atoms with Gasteiger partial charge in [0.2, 0.25) is 0 Å². The summed E-state index contributed by atoms with van der Waals surface area (Å²) in [5.41, 5.74) is 0.434. The molecule has 0 saturated heterocycles. The first-order valence-electron chi connectivity index (χ1n) is 14.9. The Morgan fingerprint density at radius 2 is 1.41 bits per heavy atom. The van der Waals surface area contributed by atoms with Gasteiger partial charge >= 0.3 is 5.97 Å². The first kappa shape index (κ1) is 27.8. The summed E-state index contributed by atoms with van der Waals surface area (Å²) in [7, 11) is 0. The molecule has 3 fully saturated rings. The lowest BCUT2D eigenvalue weighted by Gasteiger charge is -2.43. The number of aliphatic hydroxyl groups is 1. The molecule has 0 heterocycles. The summed E-state index contributed by atoms with van der Waals surface area (Å²) in [6.07, 6.45) is 24.1. The summed E-state index contributed by atoms with van der Waals surface area (Å²) in [5, 5.41) is 9.79. The predicted molar refractivity (Wildman–Crippen MR) is 141 cm³/mol. The zero-order valence-corrected chi connectivity index (χ0v) is 22.4. The molecule has 0 aromatic rings. The highest BCUT2D eigenvalue weighted by molar-refractivity contribution is 5.86. The van der Waals surface area contributed by atoms with Crippen LogP contribution in [-0.4, -0.2) is 24.3 Å². The zero-order chi connectivity index (χ0) is 24.3. The highest BCUT2D eigenvalue weighted by atomic mass is 16.5. The second kappa shape index (κ2) is 14.7. The van der Waals surface area contributed by atoms with Crippen LogP contribution in [0.25, 0.3) is 0 Å². The molecule has 5 atom stereocenters. The second-order valence-electron chi connectivity index (χ2n) is 12.5. The lowest BCUT2D eigenvalue weighted by atomic mass is 9.63. The number of hydrogen-bond acceptors (Lipinski definition) is 3. The third kappa shape index (κ3) is 8.99. The van der Waals surface area contributed by atoms with E-state index in [-0.39, 0.29) is 18.5 Å². The van der Waals surface area contributed by atoms with E-state index in [4.69, 9.17) is 4.74 Å². The maximum Gasteiger partial charge on any atom is 0.333 e. The molecule has 0 spiro atoms. The molecule has 0 aliphatic heterocycles. The van der Waals surface area contributed by atoms with Gasteiger partial charge in [0.15, 0.2) is 0 Å². The van der Waals surface area contributed by atoms with Crippen LogP contribution in [0.3, 0.4) is 0 Å². The van der Waals surface area contributed by atoms with Crippen molar-refractivity contribution in [1.29, 1.82) is 0 Å². The predicted octanol–water partition coefficient (Wildman–Crippen LogP) is 8.10. The number of esters is 1. The Morgan fingerprint density at radius 3 is 2.03 bits per heavy atom. The van der Waals surface area contributed by atoms with Crippen LogP contribution in [0.1, 0.15) is 123 Å². The Labute approximate surface area is 210 Å². The molecule has 3 rings (SSSR count). The van der Waals surface area contributed by atoms with Crippen molar-refractivity contribution in [3.8, 4) is 0 Å². The quantitative estimate of drug-likeness (QED) is 0.167. The third-order valence-corrected chi connectivity index (χ3v) is 9.72. The van der Waals surface area contributed by atoms with Crippen molar-refractivity contribution in [2.24, 2.45) is 41.4 Å². The summed E-state index contributed by atoms with van der Waals surface area (Å²) in [4.78, 5) is 11.7. The number of hydrogen-bond donors (Lipinski definition) is 1. The molecule has 0 aromatic carbocycles. The number of ether oxygens (including phenoxy) is 1. The van der Waals surface area contributed by atoms with Crippen LogP contribution >= 0.6 is 0 Å². The Morgan fingerprint density at radius 1 is 0.853 bits per heavy atom. The number of carbonyl (C=O) groups is 1. The standard InChI is InChI=1S/C31H54O3/c1-4-5-6-7-24-8-10-25(11-9-24)12-13-26-14-16-30-20-27(15-17-29(30)19-26)18-28(21-32)22-34-31(33)23(2)3/h24-30,32H,2,4-22H2,1,3H3. The normalized spacial score (nSPS) is 32.6.